The minimum atomic E-state index is -2.70. The van der Waals surface area contributed by atoms with Crippen molar-refractivity contribution in [2.24, 2.45) is 16.7 Å². The molecule has 2 fully saturated rings. The molecule has 4 rings (SSSR count). The lowest BCUT2D eigenvalue weighted by molar-refractivity contribution is 0.187. The van der Waals surface area contributed by atoms with E-state index in [1.807, 2.05) is 36.4 Å². The third-order valence-electron chi connectivity index (χ3n) is 6.84. The number of hydrogen-bond donors (Lipinski definition) is 0. The molecule has 0 aromatic heterocycles. The van der Waals surface area contributed by atoms with Crippen molar-refractivity contribution in [1.29, 1.82) is 0 Å². The van der Waals surface area contributed by atoms with Gasteiger partial charge in [-0.2, -0.15) is 0 Å². The normalized spacial score (nSPS) is 31.3. The average Bonchev–Trinajstić information content (AvgIpc) is 3.07. The Kier molecular flexibility index (Phi) is 3.59. The molecule has 2 saturated carbocycles. The van der Waals surface area contributed by atoms with Gasteiger partial charge in [0, 0.05) is 16.3 Å². The third-order valence-corrected chi connectivity index (χ3v) is 11.0. The molecule has 24 heavy (non-hydrogen) atoms. The van der Waals surface area contributed by atoms with Gasteiger partial charge in [-0.25, -0.2) is 0 Å². The zero-order valence-corrected chi connectivity index (χ0v) is 15.8. The molecule has 0 heterocycles. The molecule has 2 aromatic carbocycles. The quantitative estimate of drug-likeness (QED) is 0.702. The molecule has 0 saturated heterocycles. The summed E-state index contributed by atoms with van der Waals surface area (Å²) in [5.74, 6) is 0.702. The van der Waals surface area contributed by atoms with E-state index < -0.39 is 7.14 Å². The molecule has 2 heteroatoms. The lowest BCUT2D eigenvalue weighted by Crippen LogP contribution is -2.44. The van der Waals surface area contributed by atoms with Gasteiger partial charge in [-0.3, -0.25) is 0 Å². The lowest BCUT2D eigenvalue weighted by atomic mass is 9.72. The largest absolute Gasteiger partial charge is 0.313 e. The molecule has 0 aliphatic heterocycles. The Hall–Kier alpha value is -1.33. The van der Waals surface area contributed by atoms with E-state index in [4.69, 9.17) is 0 Å². The summed E-state index contributed by atoms with van der Waals surface area (Å²) >= 11 is 0. The first-order chi connectivity index (χ1) is 11.4. The van der Waals surface area contributed by atoms with E-state index in [2.05, 4.69) is 45.0 Å². The summed E-state index contributed by atoms with van der Waals surface area (Å²) in [6.45, 7) is 7.13. The first-order valence-electron chi connectivity index (χ1n) is 9.10. The fourth-order valence-corrected chi connectivity index (χ4v) is 10.3. The molecule has 0 radical (unpaired) electrons. The molecule has 126 valence electrons. The van der Waals surface area contributed by atoms with Crippen molar-refractivity contribution in [1.82, 2.24) is 0 Å². The molecule has 0 spiro atoms. The Morgan fingerprint density at radius 1 is 0.875 bits per heavy atom. The topological polar surface area (TPSA) is 17.1 Å². The average molecular weight is 338 g/mol. The molecular formula is C22H27OP. The van der Waals surface area contributed by atoms with Crippen molar-refractivity contribution in [3.8, 4) is 0 Å². The van der Waals surface area contributed by atoms with E-state index in [9.17, 15) is 4.57 Å². The Labute approximate surface area is 145 Å². The monoisotopic (exact) mass is 338 g/mol. The van der Waals surface area contributed by atoms with Crippen LogP contribution in [0.2, 0.25) is 0 Å². The standard InChI is InChI=1S/C22H27OP/c1-21(2)17-14-15-22(3,16-17)20(21)24(23,18-10-6-4-7-11-18)19-12-8-5-9-13-19/h4-13,17,20H,14-16H2,1-3H3/t17-,20+,22-/m0/s1. The number of rotatable bonds is 3. The van der Waals surface area contributed by atoms with Crippen LogP contribution in [-0.2, 0) is 4.57 Å². The highest BCUT2D eigenvalue weighted by Gasteiger charge is 2.65. The van der Waals surface area contributed by atoms with Crippen molar-refractivity contribution in [2.75, 3.05) is 0 Å². The van der Waals surface area contributed by atoms with E-state index >= 15 is 0 Å². The highest BCUT2D eigenvalue weighted by Crippen LogP contribution is 2.74. The summed E-state index contributed by atoms with van der Waals surface area (Å²) in [5, 5.41) is 2.06. The van der Waals surface area contributed by atoms with Gasteiger partial charge in [-0.1, -0.05) is 81.4 Å². The Bertz CT molecular complexity index is 732. The number of benzene rings is 2. The van der Waals surface area contributed by atoms with Crippen LogP contribution >= 0.6 is 7.14 Å². The van der Waals surface area contributed by atoms with E-state index in [1.54, 1.807) is 0 Å². The predicted octanol–water partition coefficient (Wildman–Crippen LogP) is 5.22. The second-order valence-corrected chi connectivity index (χ2v) is 11.5. The maximum absolute atomic E-state index is 14.8. The van der Waals surface area contributed by atoms with Crippen molar-refractivity contribution in [3.05, 3.63) is 60.7 Å². The zero-order valence-electron chi connectivity index (χ0n) is 14.9. The maximum atomic E-state index is 14.8. The van der Waals surface area contributed by atoms with Gasteiger partial charge in [-0.05, 0) is 36.0 Å². The van der Waals surface area contributed by atoms with Gasteiger partial charge in [0.15, 0.2) is 0 Å². The van der Waals surface area contributed by atoms with Gasteiger partial charge >= 0.3 is 0 Å². The predicted molar refractivity (Wildman–Crippen MR) is 103 cm³/mol. The van der Waals surface area contributed by atoms with E-state index in [0.29, 0.717) is 5.92 Å². The first-order valence-corrected chi connectivity index (χ1v) is 10.9. The van der Waals surface area contributed by atoms with Crippen LogP contribution in [0.25, 0.3) is 0 Å². The van der Waals surface area contributed by atoms with Crippen molar-refractivity contribution >= 4 is 17.8 Å². The fourth-order valence-electron chi connectivity index (χ4n) is 5.93. The second kappa shape index (κ2) is 5.33. The number of hydrogen-bond acceptors (Lipinski definition) is 1. The molecule has 1 nitrogen and oxygen atoms in total. The van der Waals surface area contributed by atoms with Crippen LogP contribution in [0.15, 0.2) is 60.7 Å². The Morgan fingerprint density at radius 2 is 1.38 bits per heavy atom. The van der Waals surface area contributed by atoms with Gasteiger partial charge in [0.2, 0.25) is 0 Å². The summed E-state index contributed by atoms with van der Waals surface area (Å²) < 4.78 is 14.8. The lowest BCUT2D eigenvalue weighted by Gasteiger charge is -2.47. The summed E-state index contributed by atoms with van der Waals surface area (Å²) in [6.07, 6.45) is 3.74. The third kappa shape index (κ3) is 2.10. The van der Waals surface area contributed by atoms with Gasteiger partial charge in [-0.15, -0.1) is 0 Å². The van der Waals surface area contributed by atoms with Crippen LogP contribution in [0, 0.1) is 16.7 Å². The summed E-state index contributed by atoms with van der Waals surface area (Å²) in [6, 6.07) is 20.5. The van der Waals surface area contributed by atoms with Crippen LogP contribution < -0.4 is 10.6 Å². The van der Waals surface area contributed by atoms with Crippen LogP contribution in [0.5, 0.6) is 0 Å². The number of fused-ring (bicyclic) bond motifs is 2. The second-order valence-electron chi connectivity index (χ2n) is 8.65. The van der Waals surface area contributed by atoms with Crippen LogP contribution in [0.1, 0.15) is 40.0 Å². The summed E-state index contributed by atoms with van der Waals surface area (Å²) in [7, 11) is -2.70. The fraction of sp³-hybridized carbons (Fsp3) is 0.455. The Balaban J connectivity index is 1.97. The van der Waals surface area contributed by atoms with Gasteiger partial charge in [0.1, 0.15) is 7.14 Å². The van der Waals surface area contributed by atoms with E-state index in [-0.39, 0.29) is 16.5 Å². The smallest absolute Gasteiger partial charge is 0.147 e. The Morgan fingerprint density at radius 3 is 1.79 bits per heavy atom. The highest BCUT2D eigenvalue weighted by atomic mass is 31.2. The molecule has 0 N–H and O–H groups in total. The van der Waals surface area contributed by atoms with Gasteiger partial charge < -0.3 is 4.57 Å². The van der Waals surface area contributed by atoms with E-state index in [1.165, 1.54) is 19.3 Å². The van der Waals surface area contributed by atoms with Crippen molar-refractivity contribution in [3.63, 3.8) is 0 Å². The maximum Gasteiger partial charge on any atom is 0.147 e. The summed E-state index contributed by atoms with van der Waals surface area (Å²) in [5.41, 5.74) is 0.532. The van der Waals surface area contributed by atoms with Gasteiger partial charge in [0.05, 0.1) is 0 Å². The molecule has 0 amide bonds. The first kappa shape index (κ1) is 16.2. The molecule has 2 aromatic rings. The summed E-state index contributed by atoms with van der Waals surface area (Å²) in [4.78, 5) is 0. The molecule has 3 atom stereocenters. The van der Waals surface area contributed by atoms with Crippen molar-refractivity contribution < 1.29 is 4.57 Å². The van der Waals surface area contributed by atoms with Crippen LogP contribution in [-0.4, -0.2) is 5.66 Å². The molecule has 2 bridgehead atoms. The SMILES string of the molecule is CC1(C)[C@H]2CC[C@@](C)(C2)[C@@H]1P(=O)(c1ccccc1)c1ccccc1. The molecule has 0 unspecified atom stereocenters. The van der Waals surface area contributed by atoms with Crippen molar-refractivity contribution in [2.45, 2.75) is 45.7 Å². The molecule has 2 aliphatic rings. The van der Waals surface area contributed by atoms with Gasteiger partial charge in [0.25, 0.3) is 0 Å². The van der Waals surface area contributed by atoms with Crippen LogP contribution in [0.4, 0.5) is 0 Å². The zero-order chi connectivity index (χ0) is 17.0. The molecule has 2 aliphatic carbocycles. The molecular weight excluding hydrogens is 311 g/mol. The van der Waals surface area contributed by atoms with Crippen LogP contribution in [0.3, 0.4) is 0 Å². The minimum Gasteiger partial charge on any atom is -0.313 e. The minimum absolute atomic E-state index is 0.119. The highest BCUT2D eigenvalue weighted by molar-refractivity contribution is 7.79. The van der Waals surface area contributed by atoms with E-state index in [0.717, 1.165) is 10.6 Å².